The van der Waals surface area contributed by atoms with Crippen molar-refractivity contribution in [2.24, 2.45) is 0 Å². The fourth-order valence-electron chi connectivity index (χ4n) is 2.31. The van der Waals surface area contributed by atoms with Crippen LogP contribution in [0.2, 0.25) is 0 Å². The first-order valence-electron chi connectivity index (χ1n) is 7.85. The van der Waals surface area contributed by atoms with Gasteiger partial charge in [-0.2, -0.15) is 0 Å². The van der Waals surface area contributed by atoms with Crippen LogP contribution in [0.25, 0.3) is 0 Å². The molecule has 2 rings (SSSR count). The Morgan fingerprint density at radius 2 is 1.79 bits per heavy atom. The number of nitrogens with two attached hydrogens (primary N) is 1. The van der Waals surface area contributed by atoms with E-state index in [0.29, 0.717) is 23.4 Å². The number of amides is 1. The Bertz CT molecular complexity index is 739. The standard InChI is InChI=1S/C19H22N2O3/c1-4-17(24-19(23)14-6-8-15(20)9-7-14)18(22)21-16-10-5-12(2)11-13(16)3/h5-11,17H,4,20H2,1-3H3,(H,21,22). The maximum atomic E-state index is 12.4. The van der Waals surface area contributed by atoms with E-state index in [1.165, 1.54) is 0 Å². The first kappa shape index (κ1) is 17.5. The van der Waals surface area contributed by atoms with Gasteiger partial charge in [-0.25, -0.2) is 4.79 Å². The van der Waals surface area contributed by atoms with E-state index in [9.17, 15) is 9.59 Å². The second-order valence-corrected chi connectivity index (χ2v) is 5.73. The number of hydrogen-bond acceptors (Lipinski definition) is 4. The van der Waals surface area contributed by atoms with Crippen molar-refractivity contribution >= 4 is 23.3 Å². The summed E-state index contributed by atoms with van der Waals surface area (Å²) in [6.07, 6.45) is -0.465. The van der Waals surface area contributed by atoms with Gasteiger partial charge in [-0.05, 0) is 56.2 Å². The van der Waals surface area contributed by atoms with Crippen LogP contribution >= 0.6 is 0 Å². The lowest BCUT2D eigenvalue weighted by atomic mass is 10.1. The van der Waals surface area contributed by atoms with Crippen molar-refractivity contribution in [1.29, 1.82) is 0 Å². The quantitative estimate of drug-likeness (QED) is 0.651. The molecule has 5 heteroatoms. The molecule has 0 aliphatic heterocycles. The minimum absolute atomic E-state index is 0.340. The number of hydrogen-bond donors (Lipinski definition) is 2. The van der Waals surface area contributed by atoms with Gasteiger partial charge < -0.3 is 15.8 Å². The van der Waals surface area contributed by atoms with Crippen LogP contribution in [0.1, 0.15) is 34.8 Å². The average Bonchev–Trinajstić information content (AvgIpc) is 2.55. The van der Waals surface area contributed by atoms with Gasteiger partial charge in [-0.15, -0.1) is 0 Å². The third-order valence-electron chi connectivity index (χ3n) is 3.70. The number of carbonyl (C=O) groups excluding carboxylic acids is 2. The van der Waals surface area contributed by atoms with E-state index in [-0.39, 0.29) is 5.91 Å². The lowest BCUT2D eigenvalue weighted by molar-refractivity contribution is -0.124. The summed E-state index contributed by atoms with van der Waals surface area (Å²) >= 11 is 0. The molecule has 3 N–H and O–H groups in total. The van der Waals surface area contributed by atoms with E-state index in [1.54, 1.807) is 31.2 Å². The molecule has 0 spiro atoms. The minimum atomic E-state index is -0.851. The molecule has 2 aromatic rings. The monoisotopic (exact) mass is 326 g/mol. The van der Waals surface area contributed by atoms with Gasteiger partial charge in [0.15, 0.2) is 6.10 Å². The van der Waals surface area contributed by atoms with Crippen molar-refractivity contribution in [3.63, 3.8) is 0 Å². The highest BCUT2D eigenvalue weighted by Gasteiger charge is 2.22. The lowest BCUT2D eigenvalue weighted by Crippen LogP contribution is -2.32. The number of carbonyl (C=O) groups is 2. The molecule has 24 heavy (non-hydrogen) atoms. The summed E-state index contributed by atoms with van der Waals surface area (Å²) < 4.78 is 5.33. The molecule has 5 nitrogen and oxygen atoms in total. The molecule has 0 fully saturated rings. The number of nitrogens with one attached hydrogen (secondary N) is 1. The van der Waals surface area contributed by atoms with E-state index in [4.69, 9.17) is 10.5 Å². The van der Waals surface area contributed by atoms with Crippen LogP contribution in [0.4, 0.5) is 11.4 Å². The highest BCUT2D eigenvalue weighted by atomic mass is 16.5. The van der Waals surface area contributed by atoms with E-state index in [2.05, 4.69) is 5.32 Å². The van der Waals surface area contributed by atoms with E-state index < -0.39 is 12.1 Å². The summed E-state index contributed by atoms with van der Waals surface area (Å²) in [4.78, 5) is 24.5. The largest absolute Gasteiger partial charge is 0.449 e. The highest BCUT2D eigenvalue weighted by Crippen LogP contribution is 2.17. The summed E-state index contributed by atoms with van der Waals surface area (Å²) in [5, 5.41) is 2.82. The summed E-state index contributed by atoms with van der Waals surface area (Å²) in [7, 11) is 0. The van der Waals surface area contributed by atoms with Crippen molar-refractivity contribution in [1.82, 2.24) is 0 Å². The Kier molecular flexibility index (Phi) is 5.58. The summed E-state index contributed by atoms with van der Waals surface area (Å²) in [5.41, 5.74) is 9.32. The first-order chi connectivity index (χ1) is 11.4. The molecular formula is C19H22N2O3. The molecule has 0 heterocycles. The molecule has 0 radical (unpaired) electrons. The van der Waals surface area contributed by atoms with Crippen LogP contribution in [0.15, 0.2) is 42.5 Å². The van der Waals surface area contributed by atoms with Gasteiger partial charge >= 0.3 is 5.97 Å². The fourth-order valence-corrected chi connectivity index (χ4v) is 2.31. The molecule has 1 atom stereocenters. The van der Waals surface area contributed by atoms with Gasteiger partial charge in [0.05, 0.1) is 5.56 Å². The van der Waals surface area contributed by atoms with Gasteiger partial charge in [0.2, 0.25) is 0 Å². The number of nitrogen functional groups attached to an aromatic ring is 1. The predicted molar refractivity (Wildman–Crippen MR) is 94.9 cm³/mol. The zero-order chi connectivity index (χ0) is 17.7. The Morgan fingerprint density at radius 1 is 1.12 bits per heavy atom. The second kappa shape index (κ2) is 7.64. The Morgan fingerprint density at radius 3 is 2.38 bits per heavy atom. The zero-order valence-electron chi connectivity index (χ0n) is 14.1. The summed E-state index contributed by atoms with van der Waals surface area (Å²) in [6.45, 7) is 5.70. The van der Waals surface area contributed by atoms with Crippen LogP contribution < -0.4 is 11.1 Å². The van der Waals surface area contributed by atoms with Gasteiger partial charge in [0, 0.05) is 11.4 Å². The first-order valence-corrected chi connectivity index (χ1v) is 7.85. The topological polar surface area (TPSA) is 81.4 Å². The highest BCUT2D eigenvalue weighted by molar-refractivity contribution is 5.98. The Labute approximate surface area is 141 Å². The normalized spacial score (nSPS) is 11.6. The van der Waals surface area contributed by atoms with E-state index in [1.807, 2.05) is 32.0 Å². The van der Waals surface area contributed by atoms with Crippen molar-refractivity contribution in [2.75, 3.05) is 11.1 Å². The molecule has 0 saturated heterocycles. The third-order valence-corrected chi connectivity index (χ3v) is 3.70. The van der Waals surface area contributed by atoms with Gasteiger partial charge in [-0.1, -0.05) is 24.6 Å². The molecule has 126 valence electrons. The second-order valence-electron chi connectivity index (χ2n) is 5.73. The van der Waals surface area contributed by atoms with Crippen molar-refractivity contribution in [2.45, 2.75) is 33.3 Å². The number of anilines is 2. The van der Waals surface area contributed by atoms with Crippen LogP contribution in [-0.4, -0.2) is 18.0 Å². The summed E-state index contributed by atoms with van der Waals surface area (Å²) in [6, 6.07) is 12.1. The number of benzene rings is 2. The van der Waals surface area contributed by atoms with Crippen LogP contribution in [0, 0.1) is 13.8 Å². The molecule has 0 bridgehead atoms. The smallest absolute Gasteiger partial charge is 0.338 e. The van der Waals surface area contributed by atoms with Gasteiger partial charge in [-0.3, -0.25) is 4.79 Å². The van der Waals surface area contributed by atoms with Gasteiger partial charge in [0.1, 0.15) is 0 Å². The molecule has 0 saturated carbocycles. The SMILES string of the molecule is CCC(OC(=O)c1ccc(N)cc1)C(=O)Nc1ccc(C)cc1C. The van der Waals surface area contributed by atoms with Crippen molar-refractivity contribution in [3.8, 4) is 0 Å². The number of aryl methyl sites for hydroxylation is 2. The molecular weight excluding hydrogens is 304 g/mol. The maximum Gasteiger partial charge on any atom is 0.338 e. The number of rotatable bonds is 5. The van der Waals surface area contributed by atoms with Crippen molar-refractivity contribution in [3.05, 3.63) is 59.2 Å². The Balaban J connectivity index is 2.05. The van der Waals surface area contributed by atoms with Crippen LogP contribution in [0.5, 0.6) is 0 Å². The lowest BCUT2D eigenvalue weighted by Gasteiger charge is -2.17. The molecule has 0 aromatic heterocycles. The molecule has 0 aliphatic rings. The van der Waals surface area contributed by atoms with E-state index in [0.717, 1.165) is 11.1 Å². The molecule has 1 amide bonds. The number of ether oxygens (including phenoxy) is 1. The van der Waals surface area contributed by atoms with E-state index >= 15 is 0 Å². The maximum absolute atomic E-state index is 12.4. The summed E-state index contributed by atoms with van der Waals surface area (Å²) in [5.74, 6) is -0.883. The van der Waals surface area contributed by atoms with Crippen molar-refractivity contribution < 1.29 is 14.3 Å². The van der Waals surface area contributed by atoms with Gasteiger partial charge in [0.25, 0.3) is 5.91 Å². The van der Waals surface area contributed by atoms with Crippen LogP contribution in [0.3, 0.4) is 0 Å². The molecule has 1 unspecified atom stereocenters. The minimum Gasteiger partial charge on any atom is -0.449 e. The number of esters is 1. The fraction of sp³-hybridized carbons (Fsp3) is 0.263. The molecule has 0 aliphatic carbocycles. The Hall–Kier alpha value is -2.82. The zero-order valence-corrected chi connectivity index (χ0v) is 14.1. The third kappa shape index (κ3) is 4.35. The molecule has 2 aromatic carbocycles. The predicted octanol–water partition coefficient (Wildman–Crippen LogP) is 3.46. The average molecular weight is 326 g/mol. The van der Waals surface area contributed by atoms with Crippen LogP contribution in [-0.2, 0) is 9.53 Å².